The molecule has 0 aliphatic carbocycles. The highest BCUT2D eigenvalue weighted by Gasteiger charge is 1.94. The van der Waals surface area contributed by atoms with Gasteiger partial charge in [0.25, 0.3) is 0 Å². The van der Waals surface area contributed by atoms with Crippen LogP contribution >= 0.6 is 45.2 Å². The summed E-state index contributed by atoms with van der Waals surface area (Å²) in [6.07, 6.45) is 0. The first kappa shape index (κ1) is 17.1. The third-order valence-corrected chi connectivity index (χ3v) is 5.20. The minimum atomic E-state index is 0.995. The first-order valence-corrected chi connectivity index (χ1v) is 9.51. The van der Waals surface area contributed by atoms with E-state index in [1.165, 1.54) is 7.14 Å². The van der Waals surface area contributed by atoms with Gasteiger partial charge in [-0.1, -0.05) is 47.9 Å². The molecule has 0 heterocycles. The Labute approximate surface area is 170 Å². The van der Waals surface area contributed by atoms with E-state index in [9.17, 15) is 0 Å². The average molecular weight is 530 g/mol. The van der Waals surface area contributed by atoms with E-state index in [4.69, 9.17) is 0 Å². The molecular formula is C22H12I2. The Bertz CT molecular complexity index is 895. The maximum absolute atomic E-state index is 3.22. The van der Waals surface area contributed by atoms with Crippen molar-refractivity contribution in [1.82, 2.24) is 0 Å². The van der Waals surface area contributed by atoms with Crippen LogP contribution in [0.1, 0.15) is 22.3 Å². The first-order chi connectivity index (χ1) is 11.7. The van der Waals surface area contributed by atoms with E-state index in [0.717, 1.165) is 22.3 Å². The Hall–Kier alpha value is -1.76. The molecule has 3 aromatic rings. The van der Waals surface area contributed by atoms with Crippen molar-refractivity contribution in [2.75, 3.05) is 0 Å². The lowest BCUT2D eigenvalue weighted by atomic mass is 10.1. The SMILES string of the molecule is Ic1ccccc1C#Cc1ccc(C#Cc2ccccc2I)cc1. The standard InChI is InChI=1S/C22H12I2/c23-21-7-3-1-5-19(21)15-13-17-9-11-18(12-10-17)14-16-20-6-2-4-8-22(20)24/h1-12H. The zero-order valence-electron chi connectivity index (χ0n) is 12.7. The molecule has 0 bridgehead atoms. The molecule has 2 heteroatoms. The number of benzene rings is 3. The summed E-state index contributed by atoms with van der Waals surface area (Å²) in [5.74, 6) is 12.9. The molecule has 0 aliphatic heterocycles. The van der Waals surface area contributed by atoms with E-state index >= 15 is 0 Å². The van der Waals surface area contributed by atoms with E-state index in [0.29, 0.717) is 0 Å². The van der Waals surface area contributed by atoms with Crippen LogP contribution in [0.2, 0.25) is 0 Å². The van der Waals surface area contributed by atoms with Crippen molar-refractivity contribution in [3.63, 3.8) is 0 Å². The van der Waals surface area contributed by atoms with Crippen LogP contribution in [0.4, 0.5) is 0 Å². The second-order valence-electron chi connectivity index (χ2n) is 5.04. The highest BCUT2D eigenvalue weighted by Crippen LogP contribution is 2.11. The number of hydrogen-bond acceptors (Lipinski definition) is 0. The Morgan fingerprint density at radius 3 is 1.21 bits per heavy atom. The van der Waals surface area contributed by atoms with Crippen LogP contribution in [-0.2, 0) is 0 Å². The van der Waals surface area contributed by atoms with Crippen molar-refractivity contribution in [3.05, 3.63) is 102 Å². The molecule has 0 spiro atoms. The van der Waals surface area contributed by atoms with Crippen molar-refractivity contribution >= 4 is 45.2 Å². The lowest BCUT2D eigenvalue weighted by Crippen LogP contribution is -1.82. The van der Waals surface area contributed by atoms with E-state index < -0.39 is 0 Å². The van der Waals surface area contributed by atoms with E-state index in [2.05, 4.69) is 81.0 Å². The maximum atomic E-state index is 3.22. The lowest BCUT2D eigenvalue weighted by Gasteiger charge is -1.95. The molecule has 3 aromatic carbocycles. The molecular weight excluding hydrogens is 518 g/mol. The van der Waals surface area contributed by atoms with Gasteiger partial charge in [0.2, 0.25) is 0 Å². The number of halogens is 2. The summed E-state index contributed by atoms with van der Waals surface area (Å²) in [4.78, 5) is 0. The molecule has 0 fully saturated rings. The van der Waals surface area contributed by atoms with Gasteiger partial charge < -0.3 is 0 Å². The Morgan fingerprint density at radius 1 is 0.458 bits per heavy atom. The molecule has 0 amide bonds. The predicted molar refractivity (Wildman–Crippen MR) is 117 cm³/mol. The van der Waals surface area contributed by atoms with Gasteiger partial charge in [0.05, 0.1) is 0 Å². The predicted octanol–water partition coefficient (Wildman–Crippen LogP) is 5.70. The maximum Gasteiger partial charge on any atom is 0.0382 e. The minimum absolute atomic E-state index is 0.995. The summed E-state index contributed by atoms with van der Waals surface area (Å²) in [5, 5.41) is 0. The third kappa shape index (κ3) is 4.63. The number of rotatable bonds is 0. The van der Waals surface area contributed by atoms with Gasteiger partial charge in [-0.05, 0) is 93.7 Å². The minimum Gasteiger partial charge on any atom is -0.0616 e. The molecule has 0 unspecified atom stereocenters. The lowest BCUT2D eigenvalue weighted by molar-refractivity contribution is 1.56. The zero-order valence-corrected chi connectivity index (χ0v) is 17.0. The summed E-state index contributed by atoms with van der Waals surface area (Å²) in [6.45, 7) is 0. The van der Waals surface area contributed by atoms with Crippen LogP contribution < -0.4 is 0 Å². The molecule has 0 N–H and O–H groups in total. The van der Waals surface area contributed by atoms with Crippen molar-refractivity contribution < 1.29 is 0 Å². The van der Waals surface area contributed by atoms with Crippen molar-refractivity contribution in [2.24, 2.45) is 0 Å². The van der Waals surface area contributed by atoms with Crippen molar-refractivity contribution in [1.29, 1.82) is 0 Å². The molecule has 0 atom stereocenters. The molecule has 0 nitrogen and oxygen atoms in total. The fourth-order valence-electron chi connectivity index (χ4n) is 2.04. The Balaban J connectivity index is 1.78. The summed E-state index contributed by atoms with van der Waals surface area (Å²) < 4.78 is 2.34. The Morgan fingerprint density at radius 2 is 0.833 bits per heavy atom. The second kappa shape index (κ2) is 8.37. The van der Waals surface area contributed by atoms with Gasteiger partial charge in [0.15, 0.2) is 0 Å². The van der Waals surface area contributed by atoms with Gasteiger partial charge in [0, 0.05) is 29.4 Å². The quantitative estimate of drug-likeness (QED) is 0.259. The van der Waals surface area contributed by atoms with Crippen LogP contribution in [0.5, 0.6) is 0 Å². The van der Waals surface area contributed by atoms with Crippen LogP contribution in [0.3, 0.4) is 0 Å². The van der Waals surface area contributed by atoms with Crippen LogP contribution in [0, 0.1) is 30.8 Å². The molecule has 24 heavy (non-hydrogen) atoms. The fraction of sp³-hybridized carbons (Fsp3) is 0. The fourth-order valence-corrected chi connectivity index (χ4v) is 3.09. The molecule has 0 aromatic heterocycles. The summed E-state index contributed by atoms with van der Waals surface area (Å²) in [7, 11) is 0. The van der Waals surface area contributed by atoms with Crippen LogP contribution in [0.15, 0.2) is 72.8 Å². The first-order valence-electron chi connectivity index (χ1n) is 7.35. The topological polar surface area (TPSA) is 0 Å². The summed E-state index contributed by atoms with van der Waals surface area (Å²) in [5.41, 5.74) is 4.10. The average Bonchev–Trinajstić information content (AvgIpc) is 2.61. The summed E-state index contributed by atoms with van der Waals surface area (Å²) in [6, 6.07) is 24.3. The van der Waals surface area contributed by atoms with E-state index in [-0.39, 0.29) is 0 Å². The molecule has 0 radical (unpaired) electrons. The molecule has 0 aliphatic rings. The van der Waals surface area contributed by atoms with E-state index in [1.807, 2.05) is 60.7 Å². The zero-order chi connectivity index (χ0) is 16.8. The normalized spacial score (nSPS) is 9.42. The van der Waals surface area contributed by atoms with Crippen molar-refractivity contribution in [3.8, 4) is 23.7 Å². The third-order valence-electron chi connectivity index (χ3n) is 3.32. The van der Waals surface area contributed by atoms with Gasteiger partial charge in [0.1, 0.15) is 0 Å². The second-order valence-corrected chi connectivity index (χ2v) is 7.36. The molecule has 0 saturated carbocycles. The molecule has 114 valence electrons. The van der Waals surface area contributed by atoms with Gasteiger partial charge in [-0.2, -0.15) is 0 Å². The largest absolute Gasteiger partial charge is 0.0616 e. The molecule has 0 saturated heterocycles. The monoisotopic (exact) mass is 530 g/mol. The van der Waals surface area contributed by atoms with E-state index in [1.54, 1.807) is 0 Å². The number of hydrogen-bond donors (Lipinski definition) is 0. The highest BCUT2D eigenvalue weighted by atomic mass is 127. The highest BCUT2D eigenvalue weighted by molar-refractivity contribution is 14.1. The Kier molecular flexibility index (Phi) is 5.96. The molecule has 3 rings (SSSR count). The van der Waals surface area contributed by atoms with Gasteiger partial charge >= 0.3 is 0 Å². The van der Waals surface area contributed by atoms with Gasteiger partial charge in [-0.3, -0.25) is 0 Å². The van der Waals surface area contributed by atoms with Crippen LogP contribution in [0.25, 0.3) is 0 Å². The van der Waals surface area contributed by atoms with Gasteiger partial charge in [-0.15, -0.1) is 0 Å². The smallest absolute Gasteiger partial charge is 0.0382 e. The van der Waals surface area contributed by atoms with Gasteiger partial charge in [-0.25, -0.2) is 0 Å². The van der Waals surface area contributed by atoms with Crippen LogP contribution in [-0.4, -0.2) is 0 Å². The van der Waals surface area contributed by atoms with Crippen molar-refractivity contribution in [2.45, 2.75) is 0 Å². The summed E-state index contributed by atoms with van der Waals surface area (Å²) >= 11 is 4.61.